The van der Waals surface area contributed by atoms with Crippen molar-refractivity contribution in [2.24, 2.45) is 0 Å². The van der Waals surface area contributed by atoms with Crippen LogP contribution in [0, 0.1) is 10.1 Å². The second kappa shape index (κ2) is 7.92. The van der Waals surface area contributed by atoms with Gasteiger partial charge in [-0.3, -0.25) is 10.1 Å². The largest absolute Gasteiger partial charge is 0.494 e. The van der Waals surface area contributed by atoms with Gasteiger partial charge in [0.05, 0.1) is 24.7 Å². The number of nitro groups is 1. The molecular weight excluding hydrogens is 302 g/mol. The predicted octanol–water partition coefficient (Wildman–Crippen LogP) is 2.87. The number of esters is 1. The van der Waals surface area contributed by atoms with E-state index in [9.17, 15) is 14.9 Å². The van der Waals surface area contributed by atoms with Gasteiger partial charge in [0.25, 0.3) is 5.69 Å². The number of rotatable bonds is 10. The molecule has 126 valence electrons. The summed E-state index contributed by atoms with van der Waals surface area (Å²) >= 11 is 0. The molecule has 0 N–H and O–H groups in total. The first kappa shape index (κ1) is 17.2. The van der Waals surface area contributed by atoms with E-state index in [0.29, 0.717) is 32.0 Å². The number of non-ortho nitro benzene ring substituents is 1. The molecule has 0 spiro atoms. The highest BCUT2D eigenvalue weighted by molar-refractivity contribution is 5.82. The summed E-state index contributed by atoms with van der Waals surface area (Å²) in [6.07, 6.45) is 3.29. The minimum atomic E-state index is -0.699. The van der Waals surface area contributed by atoms with Gasteiger partial charge in [-0.05, 0) is 44.7 Å². The molecule has 0 saturated carbocycles. The number of nitro benzene ring substituents is 1. The summed E-state index contributed by atoms with van der Waals surface area (Å²) in [5, 5.41) is 10.5. The van der Waals surface area contributed by atoms with E-state index in [-0.39, 0.29) is 11.7 Å². The van der Waals surface area contributed by atoms with Gasteiger partial charge in [0.1, 0.15) is 5.75 Å². The van der Waals surface area contributed by atoms with Gasteiger partial charge in [-0.1, -0.05) is 0 Å². The van der Waals surface area contributed by atoms with Crippen molar-refractivity contribution < 1.29 is 23.9 Å². The third kappa shape index (κ3) is 4.92. The summed E-state index contributed by atoms with van der Waals surface area (Å²) in [5.41, 5.74) is -0.652. The molecule has 1 atom stereocenters. The van der Waals surface area contributed by atoms with Crippen molar-refractivity contribution >= 4 is 11.7 Å². The standard InChI is InChI=1S/C16H21NO6/c1-2-21-15(18)16(12-23-16)10-4-3-5-11-22-14-8-6-13(7-9-14)17(19)20/h6-9H,2-5,10-12H2,1H3. The summed E-state index contributed by atoms with van der Waals surface area (Å²) in [4.78, 5) is 21.8. The number of carbonyl (C=O) groups is 1. The third-order valence-corrected chi connectivity index (χ3v) is 3.68. The van der Waals surface area contributed by atoms with Crippen LogP contribution in [0.25, 0.3) is 0 Å². The molecule has 1 heterocycles. The minimum absolute atomic E-state index is 0.0473. The van der Waals surface area contributed by atoms with Gasteiger partial charge in [0.2, 0.25) is 0 Å². The number of hydrogen-bond donors (Lipinski definition) is 0. The lowest BCUT2D eigenvalue weighted by Gasteiger charge is -2.10. The molecule has 1 fully saturated rings. The number of benzene rings is 1. The molecule has 1 aliphatic heterocycles. The van der Waals surface area contributed by atoms with Crippen LogP contribution in [0.4, 0.5) is 5.69 Å². The van der Waals surface area contributed by atoms with Crippen molar-refractivity contribution in [3.8, 4) is 5.75 Å². The van der Waals surface area contributed by atoms with Gasteiger partial charge in [0.15, 0.2) is 5.60 Å². The Balaban J connectivity index is 1.59. The molecule has 0 radical (unpaired) electrons. The first-order valence-corrected chi connectivity index (χ1v) is 7.76. The van der Waals surface area contributed by atoms with E-state index in [1.807, 2.05) is 0 Å². The van der Waals surface area contributed by atoms with Gasteiger partial charge >= 0.3 is 5.97 Å². The van der Waals surface area contributed by atoms with Gasteiger partial charge in [-0.2, -0.15) is 0 Å². The van der Waals surface area contributed by atoms with E-state index in [2.05, 4.69) is 0 Å². The molecular formula is C16H21NO6. The zero-order valence-electron chi connectivity index (χ0n) is 13.2. The topological polar surface area (TPSA) is 91.2 Å². The Morgan fingerprint density at radius 2 is 2.00 bits per heavy atom. The maximum atomic E-state index is 11.7. The molecule has 0 aliphatic carbocycles. The molecule has 7 heteroatoms. The Kier molecular flexibility index (Phi) is 5.92. The maximum absolute atomic E-state index is 11.7. The summed E-state index contributed by atoms with van der Waals surface area (Å²) in [7, 11) is 0. The van der Waals surface area contributed by atoms with Gasteiger partial charge in [0, 0.05) is 12.1 Å². The number of unbranched alkanes of at least 4 members (excludes halogenated alkanes) is 2. The number of hydrogen-bond acceptors (Lipinski definition) is 6. The molecule has 0 bridgehead atoms. The van der Waals surface area contributed by atoms with Crippen LogP contribution in [0.15, 0.2) is 24.3 Å². The summed E-state index contributed by atoms with van der Waals surface area (Å²) in [6.45, 7) is 3.13. The van der Waals surface area contributed by atoms with Crippen molar-refractivity contribution in [3.63, 3.8) is 0 Å². The normalized spacial score (nSPS) is 19.2. The monoisotopic (exact) mass is 323 g/mol. The number of nitrogens with zero attached hydrogens (tertiary/aromatic N) is 1. The molecule has 7 nitrogen and oxygen atoms in total. The Morgan fingerprint density at radius 3 is 2.57 bits per heavy atom. The first-order chi connectivity index (χ1) is 11.1. The molecule has 0 amide bonds. The van der Waals surface area contributed by atoms with Crippen LogP contribution in [0.3, 0.4) is 0 Å². The molecule has 1 aromatic carbocycles. The zero-order chi connectivity index (χ0) is 16.7. The van der Waals surface area contributed by atoms with Crippen molar-refractivity contribution in [2.75, 3.05) is 19.8 Å². The van der Waals surface area contributed by atoms with Crippen molar-refractivity contribution in [3.05, 3.63) is 34.4 Å². The van der Waals surface area contributed by atoms with E-state index in [1.54, 1.807) is 19.1 Å². The molecule has 1 saturated heterocycles. The molecule has 23 heavy (non-hydrogen) atoms. The highest BCUT2D eigenvalue weighted by Gasteiger charge is 2.52. The van der Waals surface area contributed by atoms with E-state index in [0.717, 1.165) is 19.3 Å². The van der Waals surface area contributed by atoms with Crippen LogP contribution >= 0.6 is 0 Å². The van der Waals surface area contributed by atoms with E-state index in [4.69, 9.17) is 14.2 Å². The average molecular weight is 323 g/mol. The van der Waals surface area contributed by atoms with Crippen LogP contribution in [-0.4, -0.2) is 36.3 Å². The quantitative estimate of drug-likeness (QED) is 0.216. The van der Waals surface area contributed by atoms with Crippen molar-refractivity contribution in [1.82, 2.24) is 0 Å². The Labute approximate surface area is 134 Å². The Bertz CT molecular complexity index is 538. The van der Waals surface area contributed by atoms with Crippen molar-refractivity contribution in [2.45, 2.75) is 38.2 Å². The third-order valence-electron chi connectivity index (χ3n) is 3.68. The second-order valence-electron chi connectivity index (χ2n) is 5.41. The van der Waals surface area contributed by atoms with Gasteiger partial charge in [-0.15, -0.1) is 0 Å². The Hall–Kier alpha value is -2.15. The maximum Gasteiger partial charge on any atom is 0.340 e. The fourth-order valence-corrected chi connectivity index (χ4v) is 2.26. The van der Waals surface area contributed by atoms with Crippen LogP contribution in [-0.2, 0) is 14.3 Å². The van der Waals surface area contributed by atoms with Crippen LogP contribution in [0.2, 0.25) is 0 Å². The van der Waals surface area contributed by atoms with Crippen LogP contribution in [0.5, 0.6) is 5.75 Å². The predicted molar refractivity (Wildman–Crippen MR) is 82.4 cm³/mol. The van der Waals surface area contributed by atoms with Gasteiger partial charge in [-0.25, -0.2) is 4.79 Å². The van der Waals surface area contributed by atoms with E-state index < -0.39 is 10.5 Å². The fraction of sp³-hybridized carbons (Fsp3) is 0.562. The highest BCUT2D eigenvalue weighted by atomic mass is 16.6. The van der Waals surface area contributed by atoms with E-state index >= 15 is 0 Å². The Morgan fingerprint density at radius 1 is 1.30 bits per heavy atom. The second-order valence-corrected chi connectivity index (χ2v) is 5.41. The zero-order valence-corrected chi connectivity index (χ0v) is 13.2. The van der Waals surface area contributed by atoms with Crippen LogP contribution < -0.4 is 4.74 Å². The molecule has 1 aromatic rings. The molecule has 0 aromatic heterocycles. The van der Waals surface area contributed by atoms with Crippen molar-refractivity contribution in [1.29, 1.82) is 0 Å². The molecule has 1 unspecified atom stereocenters. The summed E-state index contributed by atoms with van der Waals surface area (Å²) in [6, 6.07) is 6.02. The highest BCUT2D eigenvalue weighted by Crippen LogP contribution is 2.34. The molecule has 2 rings (SSSR count). The van der Waals surface area contributed by atoms with E-state index in [1.165, 1.54) is 12.1 Å². The smallest absolute Gasteiger partial charge is 0.340 e. The number of epoxide rings is 1. The number of ether oxygens (including phenoxy) is 3. The number of carbonyl (C=O) groups excluding carboxylic acids is 1. The average Bonchev–Trinajstić information content (AvgIpc) is 3.32. The minimum Gasteiger partial charge on any atom is -0.494 e. The SMILES string of the molecule is CCOC(=O)C1(CCCCCOc2ccc([N+](=O)[O-])cc2)CO1. The lowest BCUT2D eigenvalue weighted by atomic mass is 10.0. The first-order valence-electron chi connectivity index (χ1n) is 7.76. The van der Waals surface area contributed by atoms with Crippen LogP contribution in [0.1, 0.15) is 32.6 Å². The lowest BCUT2D eigenvalue weighted by molar-refractivity contribution is -0.384. The lowest BCUT2D eigenvalue weighted by Crippen LogP contribution is -2.27. The van der Waals surface area contributed by atoms with Gasteiger partial charge < -0.3 is 14.2 Å². The summed E-state index contributed by atoms with van der Waals surface area (Å²) < 4.78 is 15.8. The molecule has 1 aliphatic rings. The summed E-state index contributed by atoms with van der Waals surface area (Å²) in [5.74, 6) is 0.353. The fourth-order valence-electron chi connectivity index (χ4n) is 2.26.